The minimum atomic E-state index is -1.50. The Balaban J connectivity index is 0. The first-order chi connectivity index (χ1) is 13.4. The van der Waals surface area contributed by atoms with Gasteiger partial charge in [0.25, 0.3) is 5.09 Å². The number of hydrogen-bond donors (Lipinski definition) is 1. The Kier molecular flexibility index (Phi) is 25.3. The summed E-state index contributed by atoms with van der Waals surface area (Å²) in [5.41, 5.74) is 0. The van der Waals surface area contributed by atoms with Gasteiger partial charge in [-0.1, -0.05) is 110 Å². The lowest BCUT2D eigenvalue weighted by molar-refractivity contribution is -0.742. The van der Waals surface area contributed by atoms with Gasteiger partial charge in [0.05, 0.1) is 6.10 Å². The highest BCUT2D eigenvalue weighted by Crippen LogP contribution is 2.14. The van der Waals surface area contributed by atoms with Gasteiger partial charge in [0.15, 0.2) is 0 Å². The van der Waals surface area contributed by atoms with E-state index >= 15 is 0 Å². The van der Waals surface area contributed by atoms with Gasteiger partial charge in [-0.15, -0.1) is 10.1 Å². The third-order valence-electron chi connectivity index (χ3n) is 4.85. The smallest absolute Gasteiger partial charge is 0.291 e. The molecule has 0 aliphatic carbocycles. The molecule has 28 heavy (non-hydrogen) atoms. The SMILES string of the molecule is CCCCCCCCCCCCCCCCCCC(C)ON(C)C.O=[N+]([O-])O. The summed E-state index contributed by atoms with van der Waals surface area (Å²) in [6.45, 7) is 4.47. The van der Waals surface area contributed by atoms with Gasteiger partial charge < -0.3 is 5.21 Å². The lowest BCUT2D eigenvalue weighted by Gasteiger charge is -2.17. The van der Waals surface area contributed by atoms with Crippen LogP contribution in [0.3, 0.4) is 0 Å². The summed E-state index contributed by atoms with van der Waals surface area (Å²) in [6.07, 6.45) is 24.5. The maximum atomic E-state index is 8.36. The molecule has 0 aromatic heterocycles. The summed E-state index contributed by atoms with van der Waals surface area (Å²) in [5.74, 6) is 0. The highest BCUT2D eigenvalue weighted by Gasteiger charge is 2.03. The predicted molar refractivity (Wildman–Crippen MR) is 117 cm³/mol. The van der Waals surface area contributed by atoms with Gasteiger partial charge in [-0.25, -0.2) is 0 Å². The maximum absolute atomic E-state index is 8.36. The standard InChI is InChI=1S/C22H47NO.HNO3/c1-5-6-7-8-9-10-11-12-13-14-15-16-17-18-19-20-21-22(2)24-23(3)4;2-1(3)4/h22H,5-21H2,1-4H3;(H,2,3,4). The average Bonchev–Trinajstić information content (AvgIpc) is 2.60. The van der Waals surface area contributed by atoms with Crippen LogP contribution in [0.1, 0.15) is 123 Å². The van der Waals surface area contributed by atoms with Crippen molar-refractivity contribution in [1.29, 1.82) is 0 Å². The quantitative estimate of drug-likeness (QED) is 0.140. The van der Waals surface area contributed by atoms with Crippen molar-refractivity contribution in [3.8, 4) is 0 Å². The van der Waals surface area contributed by atoms with E-state index in [1.165, 1.54) is 109 Å². The van der Waals surface area contributed by atoms with Gasteiger partial charge in [0, 0.05) is 14.1 Å². The average molecular weight is 405 g/mol. The second-order valence-corrected chi connectivity index (χ2v) is 8.06. The molecule has 0 amide bonds. The van der Waals surface area contributed by atoms with Crippen molar-refractivity contribution in [2.75, 3.05) is 14.1 Å². The fourth-order valence-corrected chi connectivity index (χ4v) is 3.39. The molecule has 6 nitrogen and oxygen atoms in total. The third kappa shape index (κ3) is 32.8. The Bertz CT molecular complexity index is 311. The Morgan fingerprint density at radius 2 is 1.07 bits per heavy atom. The normalized spacial score (nSPS) is 11.9. The molecule has 0 saturated heterocycles. The van der Waals surface area contributed by atoms with Crippen molar-refractivity contribution in [3.05, 3.63) is 10.1 Å². The zero-order chi connectivity index (χ0) is 21.5. The van der Waals surface area contributed by atoms with E-state index in [1.807, 2.05) is 19.2 Å². The summed E-state index contributed by atoms with van der Waals surface area (Å²) >= 11 is 0. The molecule has 0 saturated carbocycles. The molecule has 0 rings (SSSR count). The summed E-state index contributed by atoms with van der Waals surface area (Å²) in [7, 11) is 3.92. The first-order valence-corrected chi connectivity index (χ1v) is 11.6. The molecule has 1 atom stereocenters. The van der Waals surface area contributed by atoms with Crippen LogP contribution in [0.4, 0.5) is 0 Å². The molecule has 0 bridgehead atoms. The van der Waals surface area contributed by atoms with Crippen LogP contribution in [-0.2, 0) is 4.84 Å². The van der Waals surface area contributed by atoms with Crippen molar-refractivity contribution < 1.29 is 15.1 Å². The van der Waals surface area contributed by atoms with Crippen molar-refractivity contribution in [3.63, 3.8) is 0 Å². The van der Waals surface area contributed by atoms with E-state index in [-0.39, 0.29) is 0 Å². The van der Waals surface area contributed by atoms with Crippen molar-refractivity contribution in [2.45, 2.75) is 129 Å². The minimum absolute atomic E-state index is 0.367. The Morgan fingerprint density at radius 3 is 1.36 bits per heavy atom. The molecule has 0 aromatic rings. The Hall–Kier alpha value is -0.880. The van der Waals surface area contributed by atoms with Crippen LogP contribution in [0.25, 0.3) is 0 Å². The first-order valence-electron chi connectivity index (χ1n) is 11.6. The second-order valence-electron chi connectivity index (χ2n) is 8.06. The molecule has 170 valence electrons. The van der Waals surface area contributed by atoms with E-state index in [0.717, 1.165) is 0 Å². The zero-order valence-electron chi connectivity index (χ0n) is 19.2. The lowest BCUT2D eigenvalue weighted by Crippen LogP contribution is -2.20. The first kappa shape index (κ1) is 29.3. The molecule has 0 spiro atoms. The Labute approximate surface area is 174 Å². The zero-order valence-corrected chi connectivity index (χ0v) is 19.2. The van der Waals surface area contributed by atoms with E-state index in [4.69, 9.17) is 20.2 Å². The fraction of sp³-hybridized carbons (Fsp3) is 1.00. The largest absolute Gasteiger partial charge is 0.328 e. The summed E-state index contributed by atoms with van der Waals surface area (Å²) in [6, 6.07) is 0. The van der Waals surface area contributed by atoms with Crippen LogP contribution in [0.15, 0.2) is 0 Å². The summed E-state index contributed by atoms with van der Waals surface area (Å²) in [5, 5.41) is 15.5. The minimum Gasteiger partial charge on any atom is -0.328 e. The molecule has 1 N–H and O–H groups in total. The highest BCUT2D eigenvalue weighted by atomic mass is 16.9. The summed E-state index contributed by atoms with van der Waals surface area (Å²) < 4.78 is 0. The number of unbranched alkanes of at least 4 members (excludes halogenated alkanes) is 15. The van der Waals surface area contributed by atoms with Crippen LogP contribution in [-0.4, -0.2) is 35.6 Å². The molecule has 0 fully saturated rings. The van der Waals surface area contributed by atoms with Crippen LogP contribution in [0.2, 0.25) is 0 Å². The molecule has 6 heteroatoms. The number of rotatable bonds is 19. The number of hydrogen-bond acceptors (Lipinski definition) is 4. The second kappa shape index (κ2) is 24.2. The molecule has 0 aromatic carbocycles. The highest BCUT2D eigenvalue weighted by molar-refractivity contribution is 4.52. The topological polar surface area (TPSA) is 75.8 Å². The molecule has 0 aliphatic heterocycles. The molecule has 1 unspecified atom stereocenters. The van der Waals surface area contributed by atoms with Crippen LogP contribution < -0.4 is 0 Å². The van der Waals surface area contributed by atoms with E-state index in [1.54, 1.807) is 0 Å². The lowest BCUT2D eigenvalue weighted by atomic mass is 10.0. The van der Waals surface area contributed by atoms with Gasteiger partial charge in [0.2, 0.25) is 0 Å². The van der Waals surface area contributed by atoms with E-state index < -0.39 is 5.09 Å². The van der Waals surface area contributed by atoms with Gasteiger partial charge >= 0.3 is 0 Å². The summed E-state index contributed by atoms with van der Waals surface area (Å²) in [4.78, 5) is 14.0. The number of hydroxylamine groups is 2. The van der Waals surface area contributed by atoms with E-state index in [2.05, 4.69) is 13.8 Å². The third-order valence-corrected chi connectivity index (χ3v) is 4.85. The van der Waals surface area contributed by atoms with Crippen LogP contribution in [0.5, 0.6) is 0 Å². The monoisotopic (exact) mass is 404 g/mol. The Morgan fingerprint density at radius 1 is 0.786 bits per heavy atom. The molecular weight excluding hydrogens is 356 g/mol. The van der Waals surface area contributed by atoms with Crippen LogP contribution >= 0.6 is 0 Å². The van der Waals surface area contributed by atoms with E-state index in [0.29, 0.717) is 6.10 Å². The van der Waals surface area contributed by atoms with Gasteiger partial charge in [-0.2, -0.15) is 5.06 Å². The maximum Gasteiger partial charge on any atom is 0.291 e. The van der Waals surface area contributed by atoms with Crippen molar-refractivity contribution >= 4 is 0 Å². The van der Waals surface area contributed by atoms with Gasteiger partial charge in [0.1, 0.15) is 0 Å². The van der Waals surface area contributed by atoms with Gasteiger partial charge in [-0.05, 0) is 13.3 Å². The molecular formula is C22H48N2O4. The molecule has 0 aliphatic rings. The number of nitrogens with zero attached hydrogens (tertiary/aromatic N) is 2. The predicted octanol–water partition coefficient (Wildman–Crippen LogP) is 7.17. The molecule has 0 radical (unpaired) electrons. The van der Waals surface area contributed by atoms with Crippen molar-refractivity contribution in [1.82, 2.24) is 5.06 Å². The molecule has 0 heterocycles. The van der Waals surface area contributed by atoms with Gasteiger partial charge in [-0.3, -0.25) is 4.84 Å². The van der Waals surface area contributed by atoms with Crippen molar-refractivity contribution in [2.24, 2.45) is 0 Å². The fourth-order valence-electron chi connectivity index (χ4n) is 3.39. The van der Waals surface area contributed by atoms with E-state index in [9.17, 15) is 0 Å². The van der Waals surface area contributed by atoms with Crippen LogP contribution in [0, 0.1) is 10.1 Å².